The van der Waals surface area contributed by atoms with Gasteiger partial charge in [0.25, 0.3) is 0 Å². The van der Waals surface area contributed by atoms with E-state index in [0.29, 0.717) is 0 Å². The van der Waals surface area contributed by atoms with Gasteiger partial charge in [0.1, 0.15) is 0 Å². The van der Waals surface area contributed by atoms with Crippen LogP contribution < -0.4 is 0 Å². The molecule has 0 bridgehead atoms. The van der Waals surface area contributed by atoms with Crippen LogP contribution in [-0.2, 0) is 5.41 Å². The minimum Gasteiger partial charge on any atom is -0.0622 e. The van der Waals surface area contributed by atoms with Crippen LogP contribution in [0.15, 0.2) is 170 Å². The van der Waals surface area contributed by atoms with Crippen molar-refractivity contribution in [2.45, 2.75) is 19.3 Å². The third-order valence-electron chi connectivity index (χ3n) is 11.1. The molecule has 0 aliphatic heterocycles. The van der Waals surface area contributed by atoms with Gasteiger partial charge in [-0.2, -0.15) is 0 Å². The second-order valence-corrected chi connectivity index (χ2v) is 14.1. The third-order valence-corrected chi connectivity index (χ3v) is 11.1. The van der Waals surface area contributed by atoms with E-state index >= 15 is 0 Å². The Labute approximate surface area is 286 Å². The number of fused-ring (bicyclic) bond motifs is 9. The lowest BCUT2D eigenvalue weighted by Gasteiger charge is -2.23. The van der Waals surface area contributed by atoms with Crippen LogP contribution in [0.25, 0.3) is 87.6 Å². The quantitative estimate of drug-likeness (QED) is 0.172. The highest BCUT2D eigenvalue weighted by Gasteiger charge is 2.36. The van der Waals surface area contributed by atoms with Gasteiger partial charge in [-0.15, -0.1) is 0 Å². The zero-order valence-corrected chi connectivity index (χ0v) is 27.7. The highest BCUT2D eigenvalue weighted by molar-refractivity contribution is 6.22. The van der Waals surface area contributed by atoms with Crippen molar-refractivity contribution < 1.29 is 0 Å². The second kappa shape index (κ2) is 10.5. The lowest BCUT2D eigenvalue weighted by molar-refractivity contribution is 0.661. The molecule has 0 heterocycles. The Morgan fingerprint density at radius 1 is 0.286 bits per heavy atom. The van der Waals surface area contributed by atoms with Crippen molar-refractivity contribution in [2.24, 2.45) is 0 Å². The maximum atomic E-state index is 2.45. The van der Waals surface area contributed by atoms with Gasteiger partial charge in [-0.05, 0) is 117 Å². The molecule has 0 saturated carbocycles. The van der Waals surface area contributed by atoms with Gasteiger partial charge in [-0.3, -0.25) is 0 Å². The van der Waals surface area contributed by atoms with Gasteiger partial charge in [0, 0.05) is 5.41 Å². The summed E-state index contributed by atoms with van der Waals surface area (Å²) < 4.78 is 0. The molecule has 9 aromatic rings. The average Bonchev–Trinajstić information content (AvgIpc) is 3.39. The Hall–Kier alpha value is -5.98. The van der Waals surface area contributed by atoms with E-state index in [1.165, 1.54) is 98.7 Å². The standard InChI is InChI=1S/C49H34/c1-49(2)47-28-33(31-12-4-3-5-13-31)21-24-43(47)44-25-22-34(29-48(44)49)36-26-27-42(38-17-9-8-16-37(36)38)46-30-45-35-15-7-6-14-32(35)20-23-41(45)39-18-10-11-19-40(39)46/h3-30H,1-2H3. The van der Waals surface area contributed by atoms with Crippen LogP contribution in [-0.4, -0.2) is 0 Å². The summed E-state index contributed by atoms with van der Waals surface area (Å²) in [7, 11) is 0. The average molecular weight is 623 g/mol. The van der Waals surface area contributed by atoms with Gasteiger partial charge >= 0.3 is 0 Å². The molecule has 0 fully saturated rings. The summed E-state index contributed by atoms with van der Waals surface area (Å²) in [6.07, 6.45) is 0. The summed E-state index contributed by atoms with van der Waals surface area (Å²) in [6.45, 7) is 4.76. The first kappa shape index (κ1) is 28.1. The molecule has 0 nitrogen and oxygen atoms in total. The van der Waals surface area contributed by atoms with Crippen LogP contribution in [0.4, 0.5) is 0 Å². The van der Waals surface area contributed by atoms with Crippen LogP contribution >= 0.6 is 0 Å². The molecule has 0 heteroatoms. The molecule has 0 unspecified atom stereocenters. The minimum absolute atomic E-state index is 0.103. The molecule has 230 valence electrons. The Morgan fingerprint density at radius 2 is 0.796 bits per heavy atom. The number of benzene rings is 9. The predicted octanol–water partition coefficient (Wildman–Crippen LogP) is 13.6. The Morgan fingerprint density at radius 3 is 1.53 bits per heavy atom. The molecule has 1 aliphatic rings. The zero-order chi connectivity index (χ0) is 32.7. The first-order valence-electron chi connectivity index (χ1n) is 17.3. The summed E-state index contributed by atoms with van der Waals surface area (Å²) >= 11 is 0. The number of hydrogen-bond donors (Lipinski definition) is 0. The SMILES string of the molecule is CC1(C)c2cc(-c3ccccc3)ccc2-c2ccc(-c3ccc(-c4cc5c6ccccc6ccc5c5ccccc45)c4ccccc34)cc21. The van der Waals surface area contributed by atoms with Crippen molar-refractivity contribution in [2.75, 3.05) is 0 Å². The Balaban J connectivity index is 1.15. The highest BCUT2D eigenvalue weighted by Crippen LogP contribution is 2.51. The summed E-state index contributed by atoms with van der Waals surface area (Å²) in [5, 5.41) is 10.3. The molecule has 0 saturated heterocycles. The largest absolute Gasteiger partial charge is 0.0622 e. The molecule has 10 rings (SSSR count). The topological polar surface area (TPSA) is 0 Å². The normalized spacial score (nSPS) is 13.3. The van der Waals surface area contributed by atoms with Crippen molar-refractivity contribution in [3.8, 4) is 44.5 Å². The zero-order valence-electron chi connectivity index (χ0n) is 27.7. The van der Waals surface area contributed by atoms with Crippen LogP contribution in [0.1, 0.15) is 25.0 Å². The van der Waals surface area contributed by atoms with E-state index in [0.717, 1.165) is 0 Å². The molecule has 0 aromatic heterocycles. The van der Waals surface area contributed by atoms with E-state index in [1.807, 2.05) is 0 Å². The minimum atomic E-state index is -0.103. The van der Waals surface area contributed by atoms with Gasteiger partial charge < -0.3 is 0 Å². The first-order valence-corrected chi connectivity index (χ1v) is 17.3. The predicted molar refractivity (Wildman–Crippen MR) is 210 cm³/mol. The monoisotopic (exact) mass is 622 g/mol. The van der Waals surface area contributed by atoms with E-state index in [2.05, 4.69) is 184 Å². The number of hydrogen-bond acceptors (Lipinski definition) is 0. The fourth-order valence-electron chi connectivity index (χ4n) is 8.58. The van der Waals surface area contributed by atoms with Crippen molar-refractivity contribution in [1.82, 2.24) is 0 Å². The summed E-state index contributed by atoms with van der Waals surface area (Å²) in [5.41, 5.74) is 13.0. The van der Waals surface area contributed by atoms with E-state index in [-0.39, 0.29) is 5.41 Å². The van der Waals surface area contributed by atoms with E-state index in [1.54, 1.807) is 0 Å². The molecule has 0 atom stereocenters. The fraction of sp³-hybridized carbons (Fsp3) is 0.0612. The Bertz CT molecular complexity index is 2780. The molecule has 0 spiro atoms. The Kier molecular flexibility index (Phi) is 6.02. The lowest BCUT2D eigenvalue weighted by Crippen LogP contribution is -2.15. The van der Waals surface area contributed by atoms with E-state index < -0.39 is 0 Å². The maximum Gasteiger partial charge on any atom is 0.0159 e. The van der Waals surface area contributed by atoms with Gasteiger partial charge in [0.2, 0.25) is 0 Å². The van der Waals surface area contributed by atoms with Gasteiger partial charge in [0.15, 0.2) is 0 Å². The third kappa shape index (κ3) is 4.17. The lowest BCUT2D eigenvalue weighted by atomic mass is 9.80. The van der Waals surface area contributed by atoms with Crippen LogP contribution in [0.2, 0.25) is 0 Å². The van der Waals surface area contributed by atoms with Gasteiger partial charge in [0.05, 0.1) is 0 Å². The van der Waals surface area contributed by atoms with Gasteiger partial charge in [-0.1, -0.05) is 166 Å². The highest BCUT2D eigenvalue weighted by atomic mass is 14.4. The van der Waals surface area contributed by atoms with Crippen molar-refractivity contribution >= 4 is 43.1 Å². The van der Waals surface area contributed by atoms with E-state index in [4.69, 9.17) is 0 Å². The molecule has 0 amide bonds. The van der Waals surface area contributed by atoms with Crippen LogP contribution in [0, 0.1) is 0 Å². The maximum absolute atomic E-state index is 2.45. The molecule has 1 aliphatic carbocycles. The molecule has 0 N–H and O–H groups in total. The summed E-state index contributed by atoms with van der Waals surface area (Å²) in [6, 6.07) is 63.2. The van der Waals surface area contributed by atoms with Crippen LogP contribution in [0.5, 0.6) is 0 Å². The van der Waals surface area contributed by atoms with Crippen molar-refractivity contribution in [3.05, 3.63) is 181 Å². The second-order valence-electron chi connectivity index (χ2n) is 14.1. The smallest absolute Gasteiger partial charge is 0.0159 e. The molecular formula is C49H34. The number of rotatable bonds is 3. The van der Waals surface area contributed by atoms with Crippen molar-refractivity contribution in [1.29, 1.82) is 0 Å². The van der Waals surface area contributed by atoms with E-state index in [9.17, 15) is 0 Å². The molecule has 9 aromatic carbocycles. The van der Waals surface area contributed by atoms with Crippen LogP contribution in [0.3, 0.4) is 0 Å². The molecule has 0 radical (unpaired) electrons. The molecule has 49 heavy (non-hydrogen) atoms. The summed E-state index contributed by atoms with van der Waals surface area (Å²) in [4.78, 5) is 0. The fourth-order valence-corrected chi connectivity index (χ4v) is 8.58. The molecular weight excluding hydrogens is 589 g/mol. The van der Waals surface area contributed by atoms with Gasteiger partial charge in [-0.25, -0.2) is 0 Å². The first-order chi connectivity index (χ1) is 24.1. The van der Waals surface area contributed by atoms with Crippen molar-refractivity contribution in [3.63, 3.8) is 0 Å². The summed E-state index contributed by atoms with van der Waals surface area (Å²) in [5.74, 6) is 0.